The first-order chi connectivity index (χ1) is 10.7. The molecule has 2 rings (SSSR count). The van der Waals surface area contributed by atoms with Crippen LogP contribution in [-0.2, 0) is 15.8 Å². The first-order valence-electron chi connectivity index (χ1n) is 6.59. The first-order valence-corrected chi connectivity index (χ1v) is 6.59. The summed E-state index contributed by atoms with van der Waals surface area (Å²) in [5.74, 6) is -1.82. The van der Waals surface area contributed by atoms with Crippen LogP contribution in [0.25, 0.3) is 11.4 Å². The monoisotopic (exact) mass is 329 g/mol. The summed E-state index contributed by atoms with van der Waals surface area (Å²) in [5.41, 5.74) is 1.11. The molecule has 0 radical (unpaired) electrons. The van der Waals surface area contributed by atoms with Crippen LogP contribution in [0, 0.1) is 0 Å². The molecule has 6 nitrogen and oxygen atoms in total. The number of alkyl halides is 3. The van der Waals surface area contributed by atoms with E-state index in [0.29, 0.717) is 5.56 Å². The summed E-state index contributed by atoms with van der Waals surface area (Å²) < 4.78 is 41.5. The minimum Gasteiger partial charge on any atom is -0.329 e. The smallest absolute Gasteiger partial charge is 0.329 e. The molecule has 2 aromatic rings. The number of amides is 1. The highest BCUT2D eigenvalue weighted by Gasteiger charge is 2.38. The van der Waals surface area contributed by atoms with Crippen LogP contribution >= 0.6 is 0 Å². The van der Waals surface area contributed by atoms with Crippen molar-refractivity contribution in [2.45, 2.75) is 26.1 Å². The highest BCUT2D eigenvalue weighted by Crippen LogP contribution is 2.30. The maximum absolute atomic E-state index is 12.4. The molecule has 0 N–H and O–H groups in total. The van der Waals surface area contributed by atoms with E-state index in [0.717, 1.165) is 5.56 Å². The number of benzene rings is 1. The molecule has 0 aliphatic rings. The number of halogens is 3. The van der Waals surface area contributed by atoms with Crippen molar-refractivity contribution in [2.75, 3.05) is 7.11 Å². The molecule has 0 bridgehead atoms. The van der Waals surface area contributed by atoms with Gasteiger partial charge in [0.2, 0.25) is 11.7 Å². The Balaban J connectivity index is 2.22. The minimum atomic E-state index is -4.68. The molecule has 1 aromatic carbocycles. The van der Waals surface area contributed by atoms with Gasteiger partial charge in [-0.2, -0.15) is 18.2 Å². The van der Waals surface area contributed by atoms with Gasteiger partial charge >= 0.3 is 12.1 Å². The van der Waals surface area contributed by atoms with Gasteiger partial charge in [-0.15, -0.1) is 0 Å². The summed E-state index contributed by atoms with van der Waals surface area (Å²) >= 11 is 0. The van der Waals surface area contributed by atoms with Gasteiger partial charge in [0.25, 0.3) is 0 Å². The number of nitrogens with zero attached hydrogens (tertiary/aromatic N) is 3. The van der Waals surface area contributed by atoms with E-state index in [2.05, 4.69) is 14.7 Å². The molecule has 1 atom stereocenters. The van der Waals surface area contributed by atoms with E-state index < -0.39 is 12.1 Å². The lowest BCUT2D eigenvalue weighted by molar-refractivity contribution is -0.185. The lowest BCUT2D eigenvalue weighted by atomic mass is 10.1. The molecule has 0 saturated heterocycles. The van der Waals surface area contributed by atoms with Crippen LogP contribution in [0.2, 0.25) is 0 Å². The second kappa shape index (κ2) is 6.37. The highest BCUT2D eigenvalue weighted by atomic mass is 19.4. The van der Waals surface area contributed by atoms with Crippen molar-refractivity contribution in [3.8, 4) is 11.4 Å². The van der Waals surface area contributed by atoms with Crippen molar-refractivity contribution in [3.05, 3.63) is 35.7 Å². The maximum Gasteiger partial charge on any atom is 0.471 e. The van der Waals surface area contributed by atoms with Crippen LogP contribution in [-0.4, -0.2) is 28.2 Å². The number of aromatic nitrogens is 2. The van der Waals surface area contributed by atoms with Gasteiger partial charge in [-0.3, -0.25) is 9.63 Å². The Morgan fingerprint density at radius 3 is 2.35 bits per heavy atom. The summed E-state index contributed by atoms with van der Waals surface area (Å²) in [5, 5.41) is 4.50. The van der Waals surface area contributed by atoms with Crippen molar-refractivity contribution in [1.82, 2.24) is 15.2 Å². The van der Waals surface area contributed by atoms with Gasteiger partial charge in [0.05, 0.1) is 13.2 Å². The normalized spacial score (nSPS) is 13.0. The molecule has 0 spiro atoms. The van der Waals surface area contributed by atoms with Crippen LogP contribution in [0.1, 0.15) is 31.3 Å². The zero-order valence-corrected chi connectivity index (χ0v) is 12.6. The highest BCUT2D eigenvalue weighted by molar-refractivity contribution is 5.72. The molecule has 0 fully saturated rings. The van der Waals surface area contributed by atoms with Crippen molar-refractivity contribution < 1.29 is 27.3 Å². The largest absolute Gasteiger partial charge is 0.471 e. The molecule has 1 unspecified atom stereocenters. The summed E-state index contributed by atoms with van der Waals surface area (Å²) in [6, 6.07) is 6.04. The Labute approximate surface area is 129 Å². The molecule has 1 amide bonds. The van der Waals surface area contributed by atoms with Gasteiger partial charge in [0, 0.05) is 12.5 Å². The molecule has 124 valence electrons. The Morgan fingerprint density at radius 2 is 1.91 bits per heavy atom. The summed E-state index contributed by atoms with van der Waals surface area (Å²) in [7, 11) is 1.38. The van der Waals surface area contributed by atoms with Crippen molar-refractivity contribution in [2.24, 2.45) is 0 Å². The lowest BCUT2D eigenvalue weighted by Gasteiger charge is -2.25. The maximum atomic E-state index is 12.4. The predicted octanol–water partition coefficient (Wildman–Crippen LogP) is 3.23. The first kappa shape index (κ1) is 16.9. The average molecular weight is 329 g/mol. The third kappa shape index (κ3) is 3.67. The fourth-order valence-corrected chi connectivity index (χ4v) is 2.06. The van der Waals surface area contributed by atoms with Gasteiger partial charge < -0.3 is 4.52 Å². The Kier molecular flexibility index (Phi) is 4.69. The van der Waals surface area contributed by atoms with Crippen LogP contribution < -0.4 is 0 Å². The van der Waals surface area contributed by atoms with Gasteiger partial charge in [0.1, 0.15) is 0 Å². The third-order valence-corrected chi connectivity index (χ3v) is 3.18. The van der Waals surface area contributed by atoms with Crippen molar-refractivity contribution in [1.29, 1.82) is 0 Å². The van der Waals surface area contributed by atoms with E-state index >= 15 is 0 Å². The van der Waals surface area contributed by atoms with E-state index in [1.807, 2.05) is 0 Å². The Hall–Kier alpha value is -2.42. The fraction of sp³-hybridized carbons (Fsp3) is 0.357. The molecule has 1 aromatic heterocycles. The van der Waals surface area contributed by atoms with Crippen LogP contribution in [0.15, 0.2) is 28.8 Å². The van der Waals surface area contributed by atoms with E-state index in [-0.39, 0.29) is 17.8 Å². The van der Waals surface area contributed by atoms with E-state index in [9.17, 15) is 18.0 Å². The summed E-state index contributed by atoms with van der Waals surface area (Å²) in [6.07, 6.45) is -4.68. The second-order valence-corrected chi connectivity index (χ2v) is 4.75. The van der Waals surface area contributed by atoms with Gasteiger partial charge in [-0.1, -0.05) is 29.4 Å². The summed E-state index contributed by atoms with van der Waals surface area (Å²) in [6.45, 7) is 3.13. The minimum absolute atomic E-state index is 0.160. The molecular formula is C14H14F3N3O3. The molecule has 9 heteroatoms. The van der Waals surface area contributed by atoms with Gasteiger partial charge in [0.15, 0.2) is 0 Å². The third-order valence-electron chi connectivity index (χ3n) is 3.18. The topological polar surface area (TPSA) is 68.5 Å². The number of carbonyl (C=O) groups is 1. The van der Waals surface area contributed by atoms with Gasteiger partial charge in [-0.05, 0) is 12.5 Å². The van der Waals surface area contributed by atoms with E-state index in [1.54, 1.807) is 31.2 Å². The zero-order chi connectivity index (χ0) is 17.2. The Morgan fingerprint density at radius 1 is 1.30 bits per heavy atom. The quantitative estimate of drug-likeness (QED) is 0.806. The van der Waals surface area contributed by atoms with Crippen LogP contribution in [0.4, 0.5) is 13.2 Å². The van der Waals surface area contributed by atoms with Crippen LogP contribution in [0.5, 0.6) is 0 Å². The molecule has 0 aliphatic carbocycles. The molecule has 0 aliphatic heterocycles. The van der Waals surface area contributed by atoms with Crippen LogP contribution in [0.3, 0.4) is 0 Å². The number of hydrogen-bond donors (Lipinski definition) is 0. The average Bonchev–Trinajstić information content (AvgIpc) is 2.97. The molecule has 1 heterocycles. The van der Waals surface area contributed by atoms with Crippen molar-refractivity contribution >= 4 is 5.91 Å². The fourth-order valence-electron chi connectivity index (χ4n) is 2.06. The molecular weight excluding hydrogens is 315 g/mol. The van der Waals surface area contributed by atoms with Gasteiger partial charge in [-0.25, -0.2) is 5.06 Å². The SMILES string of the molecule is CON(C(C)=O)C(C)c1ccc(-c2noc(C(F)(F)F)n2)cc1. The van der Waals surface area contributed by atoms with Crippen molar-refractivity contribution in [3.63, 3.8) is 0 Å². The number of hydroxylamine groups is 2. The standard InChI is InChI=1S/C14H14F3N3O3/c1-8(20(22-3)9(2)21)10-4-6-11(7-5-10)12-18-13(23-19-12)14(15,16)17/h4-8H,1-3H3. The summed E-state index contributed by atoms with van der Waals surface area (Å²) in [4.78, 5) is 19.8. The number of carbonyl (C=O) groups excluding carboxylic acids is 1. The molecule has 0 saturated carbocycles. The molecule has 23 heavy (non-hydrogen) atoms. The lowest BCUT2D eigenvalue weighted by Crippen LogP contribution is -2.30. The van der Waals surface area contributed by atoms with E-state index in [1.165, 1.54) is 19.1 Å². The zero-order valence-electron chi connectivity index (χ0n) is 12.6. The second-order valence-electron chi connectivity index (χ2n) is 4.75. The number of rotatable bonds is 4. The predicted molar refractivity (Wildman–Crippen MR) is 72.7 cm³/mol. The Bertz CT molecular complexity index is 683. The number of hydrogen-bond acceptors (Lipinski definition) is 5. The van der Waals surface area contributed by atoms with E-state index in [4.69, 9.17) is 4.84 Å².